The van der Waals surface area contributed by atoms with Gasteiger partial charge in [-0.2, -0.15) is 0 Å². The zero-order valence-electron chi connectivity index (χ0n) is 15.9. The highest BCUT2D eigenvalue weighted by Crippen LogP contribution is 2.31. The average Bonchev–Trinajstić information content (AvgIpc) is 3.21. The number of likely N-dealkylation sites (tertiary alicyclic amines) is 1. The van der Waals surface area contributed by atoms with Crippen LogP contribution < -0.4 is 5.32 Å². The molecule has 2 aliphatic heterocycles. The van der Waals surface area contributed by atoms with E-state index < -0.39 is 11.7 Å². The molecule has 0 radical (unpaired) electrons. The predicted octanol–water partition coefficient (Wildman–Crippen LogP) is 2.13. The molecule has 152 valence electrons. The molecule has 2 amide bonds. The summed E-state index contributed by atoms with van der Waals surface area (Å²) in [6.07, 6.45) is 2.72. The SMILES string of the molecule is O=C(NCc1ccc(F)cc1)c1cc(C(=O)N2CCC3(CC2)OCCO3)ccn1. The summed E-state index contributed by atoms with van der Waals surface area (Å²) in [6, 6.07) is 8.97. The van der Waals surface area contributed by atoms with Crippen LogP contribution in [0.1, 0.15) is 39.3 Å². The first-order valence-electron chi connectivity index (χ1n) is 9.61. The van der Waals surface area contributed by atoms with E-state index in [1.165, 1.54) is 24.4 Å². The molecule has 0 unspecified atom stereocenters. The highest BCUT2D eigenvalue weighted by molar-refractivity contribution is 5.98. The zero-order chi connectivity index (χ0) is 20.3. The van der Waals surface area contributed by atoms with Gasteiger partial charge in [0, 0.05) is 44.2 Å². The molecule has 0 bridgehead atoms. The number of halogens is 1. The Balaban J connectivity index is 1.37. The summed E-state index contributed by atoms with van der Waals surface area (Å²) in [4.78, 5) is 31.0. The van der Waals surface area contributed by atoms with Crippen molar-refractivity contribution in [2.75, 3.05) is 26.3 Å². The first-order valence-corrected chi connectivity index (χ1v) is 9.61. The maximum Gasteiger partial charge on any atom is 0.270 e. The Hall–Kier alpha value is -2.84. The number of aromatic nitrogens is 1. The molecule has 0 saturated carbocycles. The van der Waals surface area contributed by atoms with Crippen LogP contribution in [0.3, 0.4) is 0 Å². The number of benzene rings is 1. The van der Waals surface area contributed by atoms with E-state index in [0.717, 1.165) is 5.56 Å². The molecule has 2 aliphatic rings. The fraction of sp³-hybridized carbons (Fsp3) is 0.381. The summed E-state index contributed by atoms with van der Waals surface area (Å²) in [5.74, 6) is -1.41. The smallest absolute Gasteiger partial charge is 0.270 e. The molecule has 1 N–H and O–H groups in total. The van der Waals surface area contributed by atoms with Crippen molar-refractivity contribution in [3.8, 4) is 0 Å². The van der Waals surface area contributed by atoms with Crippen molar-refractivity contribution >= 4 is 11.8 Å². The van der Waals surface area contributed by atoms with E-state index in [2.05, 4.69) is 10.3 Å². The van der Waals surface area contributed by atoms with Crippen LogP contribution in [0.5, 0.6) is 0 Å². The van der Waals surface area contributed by atoms with Gasteiger partial charge in [0.2, 0.25) is 0 Å². The normalized spacial score (nSPS) is 18.0. The van der Waals surface area contributed by atoms with Crippen molar-refractivity contribution < 1.29 is 23.5 Å². The second-order valence-corrected chi connectivity index (χ2v) is 7.14. The van der Waals surface area contributed by atoms with E-state index in [4.69, 9.17) is 9.47 Å². The van der Waals surface area contributed by atoms with Crippen molar-refractivity contribution in [2.45, 2.75) is 25.2 Å². The van der Waals surface area contributed by atoms with Crippen LogP contribution in [-0.2, 0) is 16.0 Å². The van der Waals surface area contributed by atoms with Crippen molar-refractivity contribution in [1.29, 1.82) is 0 Å². The van der Waals surface area contributed by atoms with Gasteiger partial charge in [-0.15, -0.1) is 0 Å². The number of rotatable bonds is 4. The van der Waals surface area contributed by atoms with Crippen LogP contribution in [0.25, 0.3) is 0 Å². The summed E-state index contributed by atoms with van der Waals surface area (Å²) in [7, 11) is 0. The number of carbonyl (C=O) groups excluding carboxylic acids is 2. The molecule has 4 rings (SSSR count). The third-order valence-corrected chi connectivity index (χ3v) is 5.23. The first kappa shape index (κ1) is 19.5. The Morgan fingerprint density at radius 2 is 1.79 bits per heavy atom. The van der Waals surface area contributed by atoms with Crippen molar-refractivity contribution in [2.24, 2.45) is 0 Å². The quantitative estimate of drug-likeness (QED) is 0.852. The van der Waals surface area contributed by atoms with E-state index in [9.17, 15) is 14.0 Å². The van der Waals surface area contributed by atoms with Gasteiger partial charge in [0.15, 0.2) is 5.79 Å². The fourth-order valence-electron chi connectivity index (χ4n) is 3.58. The van der Waals surface area contributed by atoms with Crippen molar-refractivity contribution in [3.05, 3.63) is 65.2 Å². The number of nitrogens with one attached hydrogen (secondary N) is 1. The summed E-state index contributed by atoms with van der Waals surface area (Å²) < 4.78 is 24.3. The van der Waals surface area contributed by atoms with E-state index in [1.807, 2.05) is 0 Å². The lowest BCUT2D eigenvalue weighted by atomic mass is 10.0. The Morgan fingerprint density at radius 3 is 2.48 bits per heavy atom. The molecular formula is C21H22FN3O4. The van der Waals surface area contributed by atoms with Crippen molar-refractivity contribution in [3.63, 3.8) is 0 Å². The lowest BCUT2D eigenvalue weighted by molar-refractivity contribution is -0.181. The molecule has 8 heteroatoms. The predicted molar refractivity (Wildman–Crippen MR) is 102 cm³/mol. The van der Waals surface area contributed by atoms with Crippen LogP contribution in [-0.4, -0.2) is 53.8 Å². The van der Waals surface area contributed by atoms with Gasteiger partial charge < -0.3 is 19.7 Å². The van der Waals surface area contributed by atoms with Crippen LogP contribution >= 0.6 is 0 Å². The van der Waals surface area contributed by atoms with Crippen LogP contribution in [0, 0.1) is 5.82 Å². The van der Waals surface area contributed by atoms with Crippen LogP contribution in [0.15, 0.2) is 42.6 Å². The molecule has 0 atom stereocenters. The molecule has 29 heavy (non-hydrogen) atoms. The Kier molecular flexibility index (Phi) is 5.55. The Labute approximate surface area is 167 Å². The maximum atomic E-state index is 13.0. The monoisotopic (exact) mass is 399 g/mol. The summed E-state index contributed by atoms with van der Waals surface area (Å²) >= 11 is 0. The molecule has 7 nitrogen and oxygen atoms in total. The van der Waals surface area contributed by atoms with Gasteiger partial charge in [-0.25, -0.2) is 4.39 Å². The van der Waals surface area contributed by atoms with Gasteiger partial charge in [-0.1, -0.05) is 12.1 Å². The largest absolute Gasteiger partial charge is 0.347 e. The van der Waals surface area contributed by atoms with E-state index in [-0.39, 0.29) is 24.0 Å². The third-order valence-electron chi connectivity index (χ3n) is 5.23. The van der Waals surface area contributed by atoms with E-state index in [0.29, 0.717) is 44.7 Å². The topological polar surface area (TPSA) is 80.8 Å². The number of piperidine rings is 1. The minimum Gasteiger partial charge on any atom is -0.347 e. The molecule has 1 aromatic heterocycles. The molecule has 2 saturated heterocycles. The van der Waals surface area contributed by atoms with E-state index >= 15 is 0 Å². The van der Waals surface area contributed by atoms with Gasteiger partial charge >= 0.3 is 0 Å². The number of carbonyl (C=O) groups is 2. The highest BCUT2D eigenvalue weighted by Gasteiger charge is 2.40. The zero-order valence-corrected chi connectivity index (χ0v) is 15.9. The van der Waals surface area contributed by atoms with Gasteiger partial charge in [0.1, 0.15) is 11.5 Å². The number of hydrogen-bond acceptors (Lipinski definition) is 5. The van der Waals surface area contributed by atoms with Gasteiger partial charge in [-0.3, -0.25) is 14.6 Å². The van der Waals surface area contributed by atoms with Gasteiger partial charge in [-0.05, 0) is 29.8 Å². The second-order valence-electron chi connectivity index (χ2n) is 7.14. The highest BCUT2D eigenvalue weighted by atomic mass is 19.1. The lowest BCUT2D eigenvalue weighted by Gasteiger charge is -2.37. The van der Waals surface area contributed by atoms with Crippen LogP contribution in [0.2, 0.25) is 0 Å². The molecular weight excluding hydrogens is 377 g/mol. The lowest BCUT2D eigenvalue weighted by Crippen LogP contribution is -2.47. The number of nitrogens with zero attached hydrogens (tertiary/aromatic N) is 2. The maximum absolute atomic E-state index is 13.0. The third kappa shape index (κ3) is 4.44. The van der Waals surface area contributed by atoms with Crippen LogP contribution in [0.4, 0.5) is 4.39 Å². The Morgan fingerprint density at radius 1 is 1.10 bits per heavy atom. The standard InChI is InChI=1S/C21H22FN3O4/c22-17-3-1-15(2-4-17)14-24-19(26)18-13-16(5-8-23-18)20(27)25-9-6-21(7-10-25)28-11-12-29-21/h1-5,8,13H,6-7,9-12,14H2,(H,24,26). The number of hydrogen-bond donors (Lipinski definition) is 1. The van der Waals surface area contributed by atoms with E-state index in [1.54, 1.807) is 23.1 Å². The summed E-state index contributed by atoms with van der Waals surface area (Å²) in [5, 5.41) is 2.73. The number of pyridine rings is 1. The molecule has 1 aromatic carbocycles. The fourth-order valence-corrected chi connectivity index (χ4v) is 3.58. The second kappa shape index (κ2) is 8.26. The Bertz CT molecular complexity index is 887. The summed E-state index contributed by atoms with van der Waals surface area (Å²) in [5.41, 5.74) is 1.34. The first-order chi connectivity index (χ1) is 14.0. The molecule has 2 fully saturated rings. The molecule has 2 aromatic rings. The van der Waals surface area contributed by atoms with Gasteiger partial charge in [0.05, 0.1) is 13.2 Å². The number of amides is 2. The molecule has 3 heterocycles. The van der Waals surface area contributed by atoms with Gasteiger partial charge in [0.25, 0.3) is 11.8 Å². The summed E-state index contributed by atoms with van der Waals surface area (Å²) in [6.45, 7) is 2.50. The average molecular weight is 399 g/mol. The van der Waals surface area contributed by atoms with Crippen molar-refractivity contribution in [1.82, 2.24) is 15.2 Å². The molecule has 1 spiro atoms. The molecule has 0 aliphatic carbocycles. The number of ether oxygens (including phenoxy) is 2. The minimum atomic E-state index is -0.541. The minimum absolute atomic E-state index is 0.146.